The Morgan fingerprint density at radius 1 is 1.24 bits per heavy atom. The maximum absolute atomic E-state index is 9.68. The van der Waals surface area contributed by atoms with Crippen LogP contribution in [-0.4, -0.2) is 20.1 Å². The highest BCUT2D eigenvalue weighted by Crippen LogP contribution is 2.25. The molecule has 0 fully saturated rings. The zero-order valence-electron chi connectivity index (χ0n) is 9.31. The summed E-state index contributed by atoms with van der Waals surface area (Å²) in [4.78, 5) is 11.7. The van der Waals surface area contributed by atoms with Gasteiger partial charge in [-0.15, -0.1) is 0 Å². The van der Waals surface area contributed by atoms with Crippen molar-refractivity contribution in [3.8, 4) is 17.1 Å². The van der Waals surface area contributed by atoms with Crippen LogP contribution >= 0.6 is 0 Å². The zero-order chi connectivity index (χ0) is 11.8. The van der Waals surface area contributed by atoms with Gasteiger partial charge in [-0.3, -0.25) is 4.98 Å². The summed E-state index contributed by atoms with van der Waals surface area (Å²) in [6.45, 7) is 1.86. The molecule has 3 rings (SSSR count). The molecule has 0 atom stereocenters. The van der Waals surface area contributed by atoms with Crippen molar-refractivity contribution in [2.75, 3.05) is 0 Å². The highest BCUT2D eigenvalue weighted by molar-refractivity contribution is 5.78. The first-order valence-corrected chi connectivity index (χ1v) is 5.34. The molecule has 1 aromatic carbocycles. The third-order valence-corrected chi connectivity index (χ3v) is 2.77. The molecule has 0 amide bonds. The van der Waals surface area contributed by atoms with Crippen LogP contribution < -0.4 is 0 Å². The number of phenols is 1. The van der Waals surface area contributed by atoms with Crippen LogP contribution in [0.3, 0.4) is 0 Å². The summed E-state index contributed by atoms with van der Waals surface area (Å²) in [5.74, 6) is 1.02. The van der Waals surface area contributed by atoms with Gasteiger partial charge in [0.2, 0.25) is 0 Å². The Bertz CT molecular complexity index is 655. The van der Waals surface area contributed by atoms with Gasteiger partial charge in [0.05, 0.1) is 17.2 Å². The molecule has 2 N–H and O–H groups in total. The second-order valence-electron chi connectivity index (χ2n) is 3.98. The molecule has 84 valence electrons. The Balaban J connectivity index is 2.17. The minimum absolute atomic E-state index is 0.279. The normalized spacial score (nSPS) is 10.9. The lowest BCUT2D eigenvalue weighted by Gasteiger charge is -2.00. The summed E-state index contributed by atoms with van der Waals surface area (Å²) in [5, 5.41) is 9.68. The van der Waals surface area contributed by atoms with Crippen molar-refractivity contribution in [1.29, 1.82) is 0 Å². The number of phenolic OH excluding ortho intramolecular Hbond substituents is 1. The number of aromatic hydroxyl groups is 1. The van der Waals surface area contributed by atoms with Gasteiger partial charge in [-0.1, -0.05) is 12.1 Å². The quantitative estimate of drug-likeness (QED) is 0.669. The first-order chi connectivity index (χ1) is 8.24. The number of rotatable bonds is 1. The number of hydrogen-bond donors (Lipinski definition) is 2. The molecule has 2 heterocycles. The Labute approximate surface area is 98.0 Å². The second kappa shape index (κ2) is 3.59. The van der Waals surface area contributed by atoms with E-state index < -0.39 is 0 Å². The number of aromatic amines is 1. The predicted octanol–water partition coefficient (Wildman–Crippen LogP) is 2.64. The Kier molecular flexibility index (Phi) is 2.08. The lowest BCUT2D eigenvalue weighted by molar-refractivity contribution is 0.471. The van der Waals surface area contributed by atoms with Crippen LogP contribution in [0.25, 0.3) is 22.4 Å². The van der Waals surface area contributed by atoms with Gasteiger partial charge >= 0.3 is 0 Å². The van der Waals surface area contributed by atoms with Crippen LogP contribution in [0.1, 0.15) is 5.56 Å². The molecule has 3 aromatic rings. The van der Waals surface area contributed by atoms with Crippen molar-refractivity contribution >= 4 is 11.0 Å². The molecular weight excluding hydrogens is 214 g/mol. The molecule has 2 aromatic heterocycles. The van der Waals surface area contributed by atoms with Gasteiger partial charge in [-0.2, -0.15) is 0 Å². The number of H-pyrrole nitrogens is 1. The van der Waals surface area contributed by atoms with Crippen LogP contribution in [-0.2, 0) is 0 Å². The number of fused-ring (bicyclic) bond motifs is 1. The fourth-order valence-electron chi connectivity index (χ4n) is 1.75. The van der Waals surface area contributed by atoms with Gasteiger partial charge in [0.25, 0.3) is 0 Å². The highest BCUT2D eigenvalue weighted by Gasteiger charge is 2.06. The standard InChI is InChI=1S/C13H11N3O/c1-8-2-3-9(6-12(8)17)13-15-10-4-5-14-7-11(10)16-13/h2-7,17H,1H3,(H,15,16). The van der Waals surface area contributed by atoms with E-state index in [1.807, 2.05) is 25.1 Å². The molecule has 4 nitrogen and oxygen atoms in total. The van der Waals surface area contributed by atoms with Crippen molar-refractivity contribution in [2.45, 2.75) is 6.92 Å². The lowest BCUT2D eigenvalue weighted by Crippen LogP contribution is -1.81. The molecule has 0 saturated carbocycles. The number of aryl methyl sites for hydroxylation is 1. The first kappa shape index (κ1) is 9.84. The van der Waals surface area contributed by atoms with E-state index in [0.29, 0.717) is 0 Å². The van der Waals surface area contributed by atoms with Crippen molar-refractivity contribution in [3.63, 3.8) is 0 Å². The lowest BCUT2D eigenvalue weighted by atomic mass is 10.1. The van der Waals surface area contributed by atoms with Crippen LogP contribution in [0, 0.1) is 6.92 Å². The van der Waals surface area contributed by atoms with Crippen molar-refractivity contribution < 1.29 is 5.11 Å². The largest absolute Gasteiger partial charge is 0.508 e. The van der Waals surface area contributed by atoms with E-state index in [-0.39, 0.29) is 5.75 Å². The Morgan fingerprint density at radius 3 is 2.88 bits per heavy atom. The number of nitrogens with zero attached hydrogens (tertiary/aromatic N) is 2. The zero-order valence-corrected chi connectivity index (χ0v) is 9.31. The number of aromatic nitrogens is 3. The maximum Gasteiger partial charge on any atom is 0.138 e. The van der Waals surface area contributed by atoms with Crippen molar-refractivity contribution in [2.24, 2.45) is 0 Å². The monoisotopic (exact) mass is 225 g/mol. The molecule has 0 aliphatic heterocycles. The highest BCUT2D eigenvalue weighted by atomic mass is 16.3. The van der Waals surface area contributed by atoms with E-state index >= 15 is 0 Å². The average molecular weight is 225 g/mol. The number of imidazole rings is 1. The minimum atomic E-state index is 0.279. The smallest absolute Gasteiger partial charge is 0.138 e. The van der Waals surface area contributed by atoms with E-state index in [2.05, 4.69) is 15.0 Å². The summed E-state index contributed by atoms with van der Waals surface area (Å²) in [5.41, 5.74) is 3.48. The Hall–Kier alpha value is -2.36. The van der Waals surface area contributed by atoms with Gasteiger partial charge in [-0.05, 0) is 24.6 Å². The number of pyridine rings is 1. The minimum Gasteiger partial charge on any atom is -0.508 e. The van der Waals surface area contributed by atoms with E-state index in [0.717, 1.165) is 28.0 Å². The van der Waals surface area contributed by atoms with Gasteiger partial charge in [0.1, 0.15) is 11.6 Å². The van der Waals surface area contributed by atoms with Crippen LogP contribution in [0.2, 0.25) is 0 Å². The summed E-state index contributed by atoms with van der Waals surface area (Å²) >= 11 is 0. The summed E-state index contributed by atoms with van der Waals surface area (Å²) in [6, 6.07) is 7.36. The number of benzene rings is 1. The Morgan fingerprint density at radius 2 is 2.12 bits per heavy atom. The molecule has 0 bridgehead atoms. The number of nitrogens with one attached hydrogen (secondary N) is 1. The van der Waals surface area contributed by atoms with Crippen LogP contribution in [0.15, 0.2) is 36.7 Å². The molecule has 17 heavy (non-hydrogen) atoms. The third-order valence-electron chi connectivity index (χ3n) is 2.77. The topological polar surface area (TPSA) is 61.8 Å². The fraction of sp³-hybridized carbons (Fsp3) is 0.0769. The summed E-state index contributed by atoms with van der Waals surface area (Å²) in [6.07, 6.45) is 3.44. The first-order valence-electron chi connectivity index (χ1n) is 5.34. The van der Waals surface area contributed by atoms with Gasteiger partial charge in [-0.25, -0.2) is 4.98 Å². The van der Waals surface area contributed by atoms with Gasteiger partial charge in [0.15, 0.2) is 0 Å². The average Bonchev–Trinajstić information content (AvgIpc) is 2.76. The SMILES string of the molecule is Cc1ccc(-c2nc3ccncc3[nH]2)cc1O. The summed E-state index contributed by atoms with van der Waals surface area (Å²) < 4.78 is 0. The summed E-state index contributed by atoms with van der Waals surface area (Å²) in [7, 11) is 0. The molecule has 0 unspecified atom stereocenters. The molecule has 4 heteroatoms. The number of hydrogen-bond acceptors (Lipinski definition) is 3. The molecular formula is C13H11N3O. The van der Waals surface area contributed by atoms with E-state index in [4.69, 9.17) is 0 Å². The fourth-order valence-corrected chi connectivity index (χ4v) is 1.75. The van der Waals surface area contributed by atoms with E-state index in [1.165, 1.54) is 0 Å². The predicted molar refractivity (Wildman–Crippen MR) is 65.7 cm³/mol. The van der Waals surface area contributed by atoms with Crippen LogP contribution in [0.4, 0.5) is 0 Å². The molecule has 0 radical (unpaired) electrons. The van der Waals surface area contributed by atoms with Gasteiger partial charge in [0, 0.05) is 11.8 Å². The maximum atomic E-state index is 9.68. The third kappa shape index (κ3) is 1.63. The molecule has 0 spiro atoms. The second-order valence-corrected chi connectivity index (χ2v) is 3.98. The molecule has 0 aliphatic rings. The van der Waals surface area contributed by atoms with Crippen molar-refractivity contribution in [3.05, 3.63) is 42.2 Å². The van der Waals surface area contributed by atoms with E-state index in [9.17, 15) is 5.11 Å². The molecule has 0 saturated heterocycles. The van der Waals surface area contributed by atoms with Crippen LogP contribution in [0.5, 0.6) is 5.75 Å². The van der Waals surface area contributed by atoms with Crippen molar-refractivity contribution in [1.82, 2.24) is 15.0 Å². The van der Waals surface area contributed by atoms with Gasteiger partial charge < -0.3 is 10.1 Å². The van der Waals surface area contributed by atoms with E-state index in [1.54, 1.807) is 18.5 Å². The molecule has 0 aliphatic carbocycles.